The maximum atomic E-state index is 12.4. The van der Waals surface area contributed by atoms with E-state index in [1.165, 1.54) is 10.4 Å². The van der Waals surface area contributed by atoms with Crippen LogP contribution in [0.2, 0.25) is 0 Å². The normalized spacial score (nSPS) is 21.3. The summed E-state index contributed by atoms with van der Waals surface area (Å²) in [5.74, 6) is 0.0346. The number of hydrogen-bond donors (Lipinski definition) is 2. The predicted octanol–water partition coefficient (Wildman–Crippen LogP) is 1.03. The summed E-state index contributed by atoms with van der Waals surface area (Å²) >= 11 is 3.23. The number of sulfonamides is 1. The monoisotopic (exact) mass is 334 g/mol. The smallest absolute Gasteiger partial charge is 0.244 e. The van der Waals surface area contributed by atoms with Crippen LogP contribution in [0.1, 0.15) is 6.42 Å². The largest absolute Gasteiger partial charge is 0.399 e. The van der Waals surface area contributed by atoms with Crippen LogP contribution in [0.25, 0.3) is 0 Å². The minimum atomic E-state index is -3.51. The van der Waals surface area contributed by atoms with Crippen molar-refractivity contribution in [3.8, 4) is 0 Å². The number of rotatable bonds is 3. The van der Waals surface area contributed by atoms with Gasteiger partial charge < -0.3 is 10.8 Å². The van der Waals surface area contributed by atoms with Gasteiger partial charge in [-0.3, -0.25) is 0 Å². The molecule has 1 aromatic carbocycles. The lowest BCUT2D eigenvalue weighted by Crippen LogP contribution is -2.29. The lowest BCUT2D eigenvalue weighted by atomic mass is 10.1. The maximum absolute atomic E-state index is 12.4. The summed E-state index contributed by atoms with van der Waals surface area (Å²) in [7, 11) is -3.51. The Morgan fingerprint density at radius 3 is 2.78 bits per heavy atom. The van der Waals surface area contributed by atoms with Crippen molar-refractivity contribution in [2.75, 3.05) is 25.4 Å². The highest BCUT2D eigenvalue weighted by Crippen LogP contribution is 2.30. The molecule has 0 aromatic heterocycles. The zero-order valence-corrected chi connectivity index (χ0v) is 12.1. The van der Waals surface area contributed by atoms with E-state index in [4.69, 9.17) is 10.8 Å². The molecule has 1 aliphatic heterocycles. The SMILES string of the molecule is Nc1ccc(S(=O)(=O)N2CCC(CO)C2)c(Br)c1. The fourth-order valence-electron chi connectivity index (χ4n) is 2.03. The fourth-order valence-corrected chi connectivity index (χ4v) is 4.62. The summed E-state index contributed by atoms with van der Waals surface area (Å²) in [5.41, 5.74) is 6.11. The molecule has 0 saturated carbocycles. The second-order valence-electron chi connectivity index (χ2n) is 4.39. The third-order valence-electron chi connectivity index (χ3n) is 3.08. The molecule has 0 amide bonds. The molecule has 18 heavy (non-hydrogen) atoms. The van der Waals surface area contributed by atoms with Crippen LogP contribution in [0, 0.1) is 5.92 Å². The molecule has 5 nitrogen and oxygen atoms in total. The predicted molar refractivity (Wildman–Crippen MR) is 72.5 cm³/mol. The molecule has 0 bridgehead atoms. The Balaban J connectivity index is 2.31. The van der Waals surface area contributed by atoms with Crippen LogP contribution in [0.4, 0.5) is 5.69 Å². The van der Waals surface area contributed by atoms with Crippen molar-refractivity contribution in [2.45, 2.75) is 11.3 Å². The highest BCUT2D eigenvalue weighted by Gasteiger charge is 2.33. The average Bonchev–Trinajstić information content (AvgIpc) is 2.77. The Morgan fingerprint density at radius 1 is 1.50 bits per heavy atom. The summed E-state index contributed by atoms with van der Waals surface area (Å²) in [6.07, 6.45) is 0.697. The van der Waals surface area contributed by atoms with Gasteiger partial charge in [-0.05, 0) is 46.5 Å². The summed E-state index contributed by atoms with van der Waals surface area (Å²) in [5, 5.41) is 9.06. The summed E-state index contributed by atoms with van der Waals surface area (Å²) in [6, 6.07) is 4.64. The standard InChI is InChI=1S/C11H15BrN2O3S/c12-10-5-9(13)1-2-11(10)18(16,17)14-4-3-8(6-14)7-15/h1-2,5,8,15H,3-4,6-7,13H2. The van der Waals surface area contributed by atoms with E-state index in [-0.39, 0.29) is 17.4 Å². The molecule has 0 radical (unpaired) electrons. The molecule has 1 aliphatic rings. The number of anilines is 1. The zero-order chi connectivity index (χ0) is 13.3. The zero-order valence-electron chi connectivity index (χ0n) is 9.71. The van der Waals surface area contributed by atoms with Crippen LogP contribution in [-0.2, 0) is 10.0 Å². The molecule has 3 N–H and O–H groups in total. The highest BCUT2D eigenvalue weighted by atomic mass is 79.9. The van der Waals surface area contributed by atoms with Crippen LogP contribution in [-0.4, -0.2) is 37.5 Å². The number of nitrogens with zero attached hydrogens (tertiary/aromatic N) is 1. The van der Waals surface area contributed by atoms with E-state index in [1.54, 1.807) is 12.1 Å². The van der Waals surface area contributed by atoms with E-state index < -0.39 is 10.0 Å². The Labute approximate surface area is 115 Å². The van der Waals surface area contributed by atoms with Crippen LogP contribution in [0.15, 0.2) is 27.6 Å². The number of halogens is 1. The molecule has 100 valence electrons. The molecular weight excluding hydrogens is 320 g/mol. The van der Waals surface area contributed by atoms with Gasteiger partial charge in [-0.15, -0.1) is 0 Å². The van der Waals surface area contributed by atoms with Crippen LogP contribution in [0.3, 0.4) is 0 Å². The molecule has 0 aliphatic carbocycles. The van der Waals surface area contributed by atoms with Crippen LogP contribution < -0.4 is 5.73 Å². The minimum absolute atomic E-state index is 0.0227. The van der Waals surface area contributed by atoms with E-state index in [2.05, 4.69) is 15.9 Å². The number of aliphatic hydroxyl groups excluding tert-OH is 1. The van der Waals surface area contributed by atoms with E-state index in [1.807, 2.05) is 0 Å². The van der Waals surface area contributed by atoms with Crippen molar-refractivity contribution < 1.29 is 13.5 Å². The van der Waals surface area contributed by atoms with Crippen molar-refractivity contribution in [1.82, 2.24) is 4.31 Å². The highest BCUT2D eigenvalue weighted by molar-refractivity contribution is 9.10. The van der Waals surface area contributed by atoms with Gasteiger partial charge >= 0.3 is 0 Å². The molecule has 1 heterocycles. The Morgan fingerprint density at radius 2 is 2.22 bits per heavy atom. The molecule has 1 saturated heterocycles. The van der Waals surface area contributed by atoms with Gasteiger partial charge in [0.15, 0.2) is 0 Å². The molecule has 7 heteroatoms. The molecule has 2 rings (SSSR count). The van der Waals surface area contributed by atoms with Crippen molar-refractivity contribution >= 4 is 31.6 Å². The summed E-state index contributed by atoms with van der Waals surface area (Å²) in [6.45, 7) is 0.842. The lowest BCUT2D eigenvalue weighted by Gasteiger charge is -2.17. The molecular formula is C11H15BrN2O3S. The second-order valence-corrected chi connectivity index (χ2v) is 7.15. The first-order valence-corrected chi connectivity index (χ1v) is 7.84. The van der Waals surface area contributed by atoms with Gasteiger partial charge in [0.1, 0.15) is 0 Å². The minimum Gasteiger partial charge on any atom is -0.399 e. The van der Waals surface area contributed by atoms with Crippen LogP contribution in [0.5, 0.6) is 0 Å². The number of benzene rings is 1. The van der Waals surface area contributed by atoms with Crippen molar-refractivity contribution in [1.29, 1.82) is 0 Å². The third kappa shape index (κ3) is 2.54. The van der Waals surface area contributed by atoms with E-state index in [0.717, 1.165) is 0 Å². The van der Waals surface area contributed by atoms with Gasteiger partial charge in [0.25, 0.3) is 0 Å². The fraction of sp³-hybridized carbons (Fsp3) is 0.455. The van der Waals surface area contributed by atoms with E-state index in [0.29, 0.717) is 29.7 Å². The number of nitrogen functional groups attached to an aromatic ring is 1. The van der Waals surface area contributed by atoms with E-state index >= 15 is 0 Å². The summed E-state index contributed by atoms with van der Waals surface area (Å²) in [4.78, 5) is 0.218. The molecule has 1 unspecified atom stereocenters. The lowest BCUT2D eigenvalue weighted by molar-refractivity contribution is 0.233. The van der Waals surface area contributed by atoms with Crippen LogP contribution >= 0.6 is 15.9 Å². The van der Waals surface area contributed by atoms with Crippen molar-refractivity contribution in [3.63, 3.8) is 0 Å². The van der Waals surface area contributed by atoms with Gasteiger partial charge in [-0.1, -0.05) is 0 Å². The van der Waals surface area contributed by atoms with Gasteiger partial charge in [-0.25, -0.2) is 8.42 Å². The Hall–Kier alpha value is -0.630. The maximum Gasteiger partial charge on any atom is 0.244 e. The number of aliphatic hydroxyl groups is 1. The van der Waals surface area contributed by atoms with Gasteiger partial charge in [-0.2, -0.15) is 4.31 Å². The number of nitrogens with two attached hydrogens (primary N) is 1. The number of hydrogen-bond acceptors (Lipinski definition) is 4. The topological polar surface area (TPSA) is 83.6 Å². The van der Waals surface area contributed by atoms with E-state index in [9.17, 15) is 8.42 Å². The first-order chi connectivity index (χ1) is 8.45. The first kappa shape index (κ1) is 13.8. The van der Waals surface area contributed by atoms with Crippen molar-refractivity contribution in [2.24, 2.45) is 5.92 Å². The Bertz CT molecular complexity index is 547. The van der Waals surface area contributed by atoms with Gasteiger partial charge in [0, 0.05) is 29.9 Å². The van der Waals surface area contributed by atoms with Gasteiger partial charge in [0.05, 0.1) is 4.90 Å². The molecule has 1 atom stereocenters. The molecule has 1 fully saturated rings. The molecule has 1 aromatic rings. The Kier molecular flexibility index (Phi) is 3.96. The summed E-state index contributed by atoms with van der Waals surface area (Å²) < 4.78 is 26.7. The third-order valence-corrected chi connectivity index (χ3v) is 5.92. The molecule has 0 spiro atoms. The second kappa shape index (κ2) is 5.16. The quantitative estimate of drug-likeness (QED) is 0.809. The van der Waals surface area contributed by atoms with Crippen molar-refractivity contribution in [3.05, 3.63) is 22.7 Å². The van der Waals surface area contributed by atoms with Gasteiger partial charge in [0.2, 0.25) is 10.0 Å². The first-order valence-electron chi connectivity index (χ1n) is 5.61. The average molecular weight is 335 g/mol.